The van der Waals surface area contributed by atoms with E-state index in [0.29, 0.717) is 18.0 Å². The van der Waals surface area contributed by atoms with E-state index >= 15 is 0 Å². The van der Waals surface area contributed by atoms with Gasteiger partial charge < -0.3 is 10.2 Å². The van der Waals surface area contributed by atoms with Gasteiger partial charge in [-0.3, -0.25) is 4.79 Å². The number of carbonyl (C=O) groups is 1. The quantitative estimate of drug-likeness (QED) is 0.925. The molecule has 0 unspecified atom stereocenters. The van der Waals surface area contributed by atoms with E-state index in [2.05, 4.69) is 5.32 Å². The van der Waals surface area contributed by atoms with Crippen LogP contribution < -0.4 is 5.32 Å². The topological polar surface area (TPSA) is 32.3 Å². The number of halogens is 2. The van der Waals surface area contributed by atoms with E-state index in [0.717, 1.165) is 44.8 Å². The first-order chi connectivity index (χ1) is 10.1. The average Bonchev–Trinajstić information content (AvgIpc) is 3.33. The molecule has 21 heavy (non-hydrogen) atoms. The van der Waals surface area contributed by atoms with Crippen molar-refractivity contribution < 1.29 is 13.6 Å². The Bertz CT molecular complexity index is 523. The van der Waals surface area contributed by atoms with E-state index in [1.165, 1.54) is 6.07 Å². The minimum absolute atomic E-state index is 0.260. The highest BCUT2D eigenvalue weighted by molar-refractivity contribution is 5.81. The fraction of sp³-hybridized carbons (Fsp3) is 0.562. The largest absolute Gasteiger partial charge is 0.342 e. The van der Waals surface area contributed by atoms with Gasteiger partial charge in [0.2, 0.25) is 5.91 Å². The molecule has 1 aliphatic heterocycles. The first kappa shape index (κ1) is 14.4. The summed E-state index contributed by atoms with van der Waals surface area (Å²) >= 11 is 0. The summed E-state index contributed by atoms with van der Waals surface area (Å²) in [5.74, 6) is -1.01. The number of piperidine rings is 1. The zero-order valence-corrected chi connectivity index (χ0v) is 11.9. The lowest BCUT2D eigenvalue weighted by Gasteiger charge is -2.32. The minimum atomic E-state index is -0.806. The third-order valence-corrected chi connectivity index (χ3v) is 4.35. The highest BCUT2D eigenvalue weighted by Crippen LogP contribution is 2.31. The molecule has 1 heterocycles. The lowest BCUT2D eigenvalue weighted by molar-refractivity contribution is -0.133. The van der Waals surface area contributed by atoms with Gasteiger partial charge in [-0.15, -0.1) is 0 Å². The Morgan fingerprint density at radius 1 is 1.19 bits per heavy atom. The van der Waals surface area contributed by atoms with Crippen LogP contribution in [0.1, 0.15) is 31.2 Å². The van der Waals surface area contributed by atoms with Crippen molar-refractivity contribution in [2.24, 2.45) is 5.92 Å². The number of hydrogen-bond acceptors (Lipinski definition) is 2. The number of nitrogens with one attached hydrogen (secondary N) is 1. The predicted octanol–water partition coefficient (Wildman–Crippen LogP) is 2.46. The first-order valence-electron chi connectivity index (χ1n) is 7.60. The van der Waals surface area contributed by atoms with Gasteiger partial charge in [0.1, 0.15) is 0 Å². The maximum atomic E-state index is 13.6. The Hall–Kier alpha value is -1.49. The smallest absolute Gasteiger partial charge is 0.225 e. The number of amides is 1. The SMILES string of the molecule is O=C(C1CC1)N1CCC(NCc2cccc(F)c2F)CC1. The Balaban J connectivity index is 1.47. The lowest BCUT2D eigenvalue weighted by atomic mass is 10.0. The van der Waals surface area contributed by atoms with Gasteiger partial charge in [0.25, 0.3) is 0 Å². The van der Waals surface area contributed by atoms with Crippen LogP contribution >= 0.6 is 0 Å². The van der Waals surface area contributed by atoms with Gasteiger partial charge in [0, 0.05) is 37.2 Å². The predicted molar refractivity (Wildman–Crippen MR) is 75.5 cm³/mol. The number of hydrogen-bond donors (Lipinski definition) is 1. The molecular formula is C16H20F2N2O. The normalized spacial score (nSPS) is 19.8. The van der Waals surface area contributed by atoms with Gasteiger partial charge in [-0.2, -0.15) is 0 Å². The van der Waals surface area contributed by atoms with Crippen LogP contribution in [-0.2, 0) is 11.3 Å². The molecule has 2 fully saturated rings. The summed E-state index contributed by atoms with van der Waals surface area (Å²) in [4.78, 5) is 13.9. The van der Waals surface area contributed by atoms with Gasteiger partial charge >= 0.3 is 0 Å². The van der Waals surface area contributed by atoms with Crippen molar-refractivity contribution in [3.05, 3.63) is 35.4 Å². The van der Waals surface area contributed by atoms with E-state index in [1.54, 1.807) is 6.07 Å². The number of carbonyl (C=O) groups excluding carboxylic acids is 1. The third kappa shape index (κ3) is 3.40. The van der Waals surface area contributed by atoms with Crippen LogP contribution in [0.3, 0.4) is 0 Å². The molecule has 3 rings (SSSR count). The Morgan fingerprint density at radius 2 is 1.90 bits per heavy atom. The maximum absolute atomic E-state index is 13.6. The summed E-state index contributed by atoms with van der Waals surface area (Å²) < 4.78 is 26.7. The van der Waals surface area contributed by atoms with Crippen molar-refractivity contribution in [2.45, 2.75) is 38.3 Å². The summed E-state index contributed by atoms with van der Waals surface area (Å²) in [7, 11) is 0. The van der Waals surface area contributed by atoms with Crippen LogP contribution in [-0.4, -0.2) is 29.9 Å². The zero-order chi connectivity index (χ0) is 14.8. The Morgan fingerprint density at radius 3 is 2.57 bits per heavy atom. The van der Waals surface area contributed by atoms with Crippen LogP contribution in [0.25, 0.3) is 0 Å². The molecular weight excluding hydrogens is 274 g/mol. The first-order valence-corrected chi connectivity index (χ1v) is 7.60. The number of benzene rings is 1. The summed E-state index contributed by atoms with van der Waals surface area (Å²) in [6.45, 7) is 1.85. The molecule has 1 saturated heterocycles. The van der Waals surface area contributed by atoms with E-state index in [4.69, 9.17) is 0 Å². The van der Waals surface area contributed by atoms with Crippen molar-refractivity contribution in [3.63, 3.8) is 0 Å². The van der Waals surface area contributed by atoms with Gasteiger partial charge in [-0.05, 0) is 31.7 Å². The van der Waals surface area contributed by atoms with Crippen LogP contribution in [0, 0.1) is 17.6 Å². The van der Waals surface area contributed by atoms with Crippen molar-refractivity contribution in [2.75, 3.05) is 13.1 Å². The number of nitrogens with zero attached hydrogens (tertiary/aromatic N) is 1. The van der Waals surface area contributed by atoms with E-state index in [-0.39, 0.29) is 12.0 Å². The molecule has 5 heteroatoms. The van der Waals surface area contributed by atoms with Crippen molar-refractivity contribution in [1.29, 1.82) is 0 Å². The maximum Gasteiger partial charge on any atom is 0.225 e. The molecule has 0 atom stereocenters. The molecule has 114 valence electrons. The van der Waals surface area contributed by atoms with Crippen molar-refractivity contribution in [1.82, 2.24) is 10.2 Å². The molecule has 0 aromatic heterocycles. The van der Waals surface area contributed by atoms with Crippen LogP contribution in [0.4, 0.5) is 8.78 Å². The third-order valence-electron chi connectivity index (χ3n) is 4.35. The Labute approximate surface area is 123 Å². The molecule has 1 aromatic carbocycles. The second-order valence-corrected chi connectivity index (χ2v) is 5.97. The van der Waals surface area contributed by atoms with Crippen molar-refractivity contribution in [3.8, 4) is 0 Å². The average molecular weight is 294 g/mol. The minimum Gasteiger partial charge on any atom is -0.342 e. The summed E-state index contributed by atoms with van der Waals surface area (Å²) in [6, 6.07) is 4.50. The summed E-state index contributed by atoms with van der Waals surface area (Å²) in [5, 5.41) is 3.27. The molecule has 0 bridgehead atoms. The standard InChI is InChI=1S/C16H20F2N2O/c17-14-3-1-2-12(15(14)18)10-19-13-6-8-20(9-7-13)16(21)11-4-5-11/h1-3,11,13,19H,4-10H2. The molecule has 1 aliphatic carbocycles. The lowest BCUT2D eigenvalue weighted by Crippen LogP contribution is -2.45. The second kappa shape index (κ2) is 6.10. The summed E-state index contributed by atoms with van der Waals surface area (Å²) in [6.07, 6.45) is 3.82. The highest BCUT2D eigenvalue weighted by atomic mass is 19.2. The zero-order valence-electron chi connectivity index (χ0n) is 11.9. The van der Waals surface area contributed by atoms with E-state index in [1.807, 2.05) is 4.90 Å². The molecule has 0 spiro atoms. The fourth-order valence-corrected chi connectivity index (χ4v) is 2.83. The van der Waals surface area contributed by atoms with Crippen molar-refractivity contribution >= 4 is 5.91 Å². The van der Waals surface area contributed by atoms with Gasteiger partial charge in [-0.1, -0.05) is 12.1 Å². The molecule has 2 aliphatic rings. The van der Waals surface area contributed by atoms with E-state index < -0.39 is 11.6 Å². The molecule has 1 saturated carbocycles. The van der Waals surface area contributed by atoms with E-state index in [9.17, 15) is 13.6 Å². The Kier molecular flexibility index (Phi) is 4.19. The summed E-state index contributed by atoms with van der Waals surface area (Å²) in [5.41, 5.74) is 0.353. The fourth-order valence-electron chi connectivity index (χ4n) is 2.83. The molecule has 3 nitrogen and oxygen atoms in total. The second-order valence-electron chi connectivity index (χ2n) is 5.97. The number of rotatable bonds is 4. The molecule has 1 aromatic rings. The van der Waals surface area contributed by atoms with Crippen LogP contribution in [0.15, 0.2) is 18.2 Å². The van der Waals surface area contributed by atoms with Gasteiger partial charge in [0.15, 0.2) is 11.6 Å². The van der Waals surface area contributed by atoms with Crippen LogP contribution in [0.2, 0.25) is 0 Å². The molecule has 0 radical (unpaired) electrons. The molecule has 1 amide bonds. The van der Waals surface area contributed by atoms with Crippen LogP contribution in [0.5, 0.6) is 0 Å². The highest BCUT2D eigenvalue weighted by Gasteiger charge is 2.34. The number of likely N-dealkylation sites (tertiary alicyclic amines) is 1. The molecule has 1 N–H and O–H groups in total. The monoisotopic (exact) mass is 294 g/mol. The van der Waals surface area contributed by atoms with Gasteiger partial charge in [0.05, 0.1) is 0 Å². The van der Waals surface area contributed by atoms with Gasteiger partial charge in [-0.25, -0.2) is 8.78 Å².